The van der Waals surface area contributed by atoms with Gasteiger partial charge in [-0.15, -0.1) is 0 Å². The number of amides is 2. The fourth-order valence-corrected chi connectivity index (χ4v) is 5.48. The van der Waals surface area contributed by atoms with Crippen LogP contribution in [-0.2, 0) is 26.2 Å². The van der Waals surface area contributed by atoms with Crippen molar-refractivity contribution in [3.8, 4) is 0 Å². The summed E-state index contributed by atoms with van der Waals surface area (Å²) >= 11 is 6.05. The van der Waals surface area contributed by atoms with Gasteiger partial charge in [-0.2, -0.15) is 0 Å². The summed E-state index contributed by atoms with van der Waals surface area (Å²) in [6.45, 7) is 8.81. The number of aryl methyl sites for hydroxylation is 1. The van der Waals surface area contributed by atoms with E-state index in [0.717, 1.165) is 15.4 Å². The summed E-state index contributed by atoms with van der Waals surface area (Å²) in [6, 6.07) is 20.9. The van der Waals surface area contributed by atoms with Crippen LogP contribution in [0.4, 0.5) is 5.69 Å². The number of halogens is 1. The average molecular weight is 556 g/mol. The third kappa shape index (κ3) is 7.58. The molecule has 3 aromatic carbocycles. The van der Waals surface area contributed by atoms with Crippen molar-refractivity contribution in [2.45, 2.75) is 57.6 Å². The number of carbonyl (C=O) groups excluding carboxylic acids is 2. The summed E-state index contributed by atoms with van der Waals surface area (Å²) in [5, 5.41) is 3.36. The van der Waals surface area contributed by atoms with Crippen LogP contribution >= 0.6 is 11.6 Å². The first-order valence-corrected chi connectivity index (χ1v) is 14.1. The van der Waals surface area contributed by atoms with E-state index in [9.17, 15) is 18.0 Å². The van der Waals surface area contributed by atoms with Crippen LogP contribution in [0.2, 0.25) is 5.02 Å². The van der Waals surface area contributed by atoms with Gasteiger partial charge in [0.15, 0.2) is 0 Å². The van der Waals surface area contributed by atoms with Crippen LogP contribution in [0.25, 0.3) is 0 Å². The topological polar surface area (TPSA) is 86.8 Å². The Labute approximate surface area is 230 Å². The molecule has 7 nitrogen and oxygen atoms in total. The number of carbonyl (C=O) groups is 2. The SMILES string of the molecule is Cc1cccc(CN(C(=O)CN(c2ccc(Cl)cc2)S(=O)(=O)c2ccccc2)[C@H](C)C(=O)NC(C)(C)C)c1. The molecule has 1 atom stereocenters. The molecule has 1 N–H and O–H groups in total. The zero-order chi connectivity index (χ0) is 28.1. The van der Waals surface area contributed by atoms with Crippen molar-refractivity contribution in [1.29, 1.82) is 0 Å². The second-order valence-electron chi connectivity index (χ2n) is 10.2. The van der Waals surface area contributed by atoms with Gasteiger partial charge < -0.3 is 10.2 Å². The van der Waals surface area contributed by atoms with Gasteiger partial charge in [-0.05, 0) is 76.6 Å². The van der Waals surface area contributed by atoms with E-state index in [2.05, 4.69) is 5.32 Å². The third-order valence-electron chi connectivity index (χ3n) is 5.83. The minimum Gasteiger partial charge on any atom is -0.350 e. The van der Waals surface area contributed by atoms with E-state index in [-0.39, 0.29) is 23.0 Å². The van der Waals surface area contributed by atoms with E-state index >= 15 is 0 Å². The van der Waals surface area contributed by atoms with Crippen LogP contribution in [0.15, 0.2) is 83.8 Å². The van der Waals surface area contributed by atoms with Crippen LogP contribution in [0.1, 0.15) is 38.8 Å². The highest BCUT2D eigenvalue weighted by Gasteiger charge is 2.33. The van der Waals surface area contributed by atoms with Gasteiger partial charge in [-0.1, -0.05) is 59.6 Å². The summed E-state index contributed by atoms with van der Waals surface area (Å²) in [4.78, 5) is 28.5. The predicted octanol–water partition coefficient (Wildman–Crippen LogP) is 5.18. The molecule has 0 spiro atoms. The van der Waals surface area contributed by atoms with E-state index < -0.39 is 34.1 Å². The minimum absolute atomic E-state index is 0.0477. The van der Waals surface area contributed by atoms with Crippen LogP contribution in [0.3, 0.4) is 0 Å². The largest absolute Gasteiger partial charge is 0.350 e. The number of nitrogens with zero attached hydrogens (tertiary/aromatic N) is 2. The molecule has 0 aliphatic heterocycles. The average Bonchev–Trinajstić information content (AvgIpc) is 2.85. The fourth-order valence-electron chi connectivity index (χ4n) is 3.92. The molecule has 202 valence electrons. The van der Waals surface area contributed by atoms with Gasteiger partial charge in [0.1, 0.15) is 12.6 Å². The lowest BCUT2D eigenvalue weighted by Gasteiger charge is -2.33. The number of sulfonamides is 1. The van der Waals surface area contributed by atoms with E-state index in [0.29, 0.717) is 5.02 Å². The van der Waals surface area contributed by atoms with E-state index in [4.69, 9.17) is 11.6 Å². The van der Waals surface area contributed by atoms with Crippen molar-refractivity contribution in [2.24, 2.45) is 0 Å². The third-order valence-corrected chi connectivity index (χ3v) is 7.87. The standard InChI is InChI=1S/C29H34ClN3O4S/c1-21-10-9-11-23(18-21)19-32(22(2)28(35)31-29(3,4)5)27(34)20-33(25-16-14-24(30)15-17-25)38(36,37)26-12-7-6-8-13-26/h6-18,22H,19-20H2,1-5H3,(H,31,35)/t22-/m1/s1. The lowest BCUT2D eigenvalue weighted by Crippen LogP contribution is -2.54. The Balaban J connectivity index is 2.02. The van der Waals surface area contributed by atoms with Gasteiger partial charge in [0.25, 0.3) is 10.0 Å². The molecule has 0 aliphatic rings. The molecular weight excluding hydrogens is 522 g/mol. The van der Waals surface area contributed by atoms with E-state index in [1.807, 2.05) is 52.0 Å². The summed E-state index contributed by atoms with van der Waals surface area (Å²) in [5.41, 5.74) is 1.62. The number of anilines is 1. The molecule has 0 aliphatic carbocycles. The van der Waals surface area contributed by atoms with Gasteiger partial charge in [0, 0.05) is 17.1 Å². The van der Waals surface area contributed by atoms with Crippen LogP contribution < -0.4 is 9.62 Å². The maximum absolute atomic E-state index is 13.9. The Bertz CT molecular complexity index is 1370. The predicted molar refractivity (Wildman–Crippen MR) is 152 cm³/mol. The van der Waals surface area contributed by atoms with Crippen molar-refractivity contribution in [2.75, 3.05) is 10.8 Å². The maximum atomic E-state index is 13.9. The van der Waals surface area contributed by atoms with Crippen molar-refractivity contribution in [3.05, 3.63) is 95.0 Å². The van der Waals surface area contributed by atoms with E-state index in [1.54, 1.807) is 49.4 Å². The van der Waals surface area contributed by atoms with Gasteiger partial charge in [-0.25, -0.2) is 8.42 Å². The molecule has 0 radical (unpaired) electrons. The summed E-state index contributed by atoms with van der Waals surface area (Å²) in [6.07, 6.45) is 0. The van der Waals surface area contributed by atoms with Crippen molar-refractivity contribution in [3.63, 3.8) is 0 Å². The molecule has 0 saturated heterocycles. The van der Waals surface area contributed by atoms with Crippen molar-refractivity contribution in [1.82, 2.24) is 10.2 Å². The summed E-state index contributed by atoms with van der Waals surface area (Å²) in [7, 11) is -4.11. The molecule has 0 aromatic heterocycles. The Kier molecular flexibility index (Phi) is 9.22. The number of benzene rings is 3. The van der Waals surface area contributed by atoms with Gasteiger partial charge in [0.05, 0.1) is 10.6 Å². The van der Waals surface area contributed by atoms with Crippen molar-refractivity contribution < 1.29 is 18.0 Å². The number of hydrogen-bond acceptors (Lipinski definition) is 4. The molecule has 9 heteroatoms. The number of nitrogens with one attached hydrogen (secondary N) is 1. The first-order valence-electron chi connectivity index (χ1n) is 12.3. The quantitative estimate of drug-likeness (QED) is 0.394. The maximum Gasteiger partial charge on any atom is 0.264 e. The first-order chi connectivity index (χ1) is 17.8. The highest BCUT2D eigenvalue weighted by molar-refractivity contribution is 7.92. The Morgan fingerprint density at radius 1 is 0.947 bits per heavy atom. The Hall–Kier alpha value is -3.36. The van der Waals surface area contributed by atoms with E-state index in [1.165, 1.54) is 17.0 Å². The van der Waals surface area contributed by atoms with Gasteiger partial charge in [-0.3, -0.25) is 13.9 Å². The van der Waals surface area contributed by atoms with Crippen LogP contribution in [0, 0.1) is 6.92 Å². The summed E-state index contributed by atoms with van der Waals surface area (Å²) in [5.74, 6) is -0.847. The molecule has 0 saturated carbocycles. The molecule has 0 heterocycles. The first kappa shape index (κ1) is 29.2. The molecule has 3 rings (SSSR count). The molecular formula is C29H34ClN3O4S. The number of hydrogen-bond donors (Lipinski definition) is 1. The molecule has 0 unspecified atom stereocenters. The fraction of sp³-hybridized carbons (Fsp3) is 0.310. The van der Waals surface area contributed by atoms with Gasteiger partial charge >= 0.3 is 0 Å². The zero-order valence-electron chi connectivity index (χ0n) is 22.3. The smallest absolute Gasteiger partial charge is 0.264 e. The highest BCUT2D eigenvalue weighted by atomic mass is 35.5. The molecule has 3 aromatic rings. The van der Waals surface area contributed by atoms with Gasteiger partial charge in [0.2, 0.25) is 11.8 Å². The van der Waals surface area contributed by atoms with Crippen molar-refractivity contribution >= 4 is 39.1 Å². The summed E-state index contributed by atoms with van der Waals surface area (Å²) < 4.78 is 28.5. The molecule has 38 heavy (non-hydrogen) atoms. The Morgan fingerprint density at radius 3 is 2.16 bits per heavy atom. The second-order valence-corrected chi connectivity index (χ2v) is 12.5. The second kappa shape index (κ2) is 12.0. The van der Waals surface area contributed by atoms with Crippen LogP contribution in [-0.4, -0.2) is 43.3 Å². The number of rotatable bonds is 9. The lowest BCUT2D eigenvalue weighted by molar-refractivity contribution is -0.140. The highest BCUT2D eigenvalue weighted by Crippen LogP contribution is 2.26. The normalized spacial score (nSPS) is 12.5. The zero-order valence-corrected chi connectivity index (χ0v) is 23.9. The monoisotopic (exact) mass is 555 g/mol. The molecule has 0 bridgehead atoms. The molecule has 0 fully saturated rings. The minimum atomic E-state index is -4.11. The molecule has 2 amide bonds. The van der Waals surface area contributed by atoms with Crippen LogP contribution in [0.5, 0.6) is 0 Å². The lowest BCUT2D eigenvalue weighted by atomic mass is 10.1. The Morgan fingerprint density at radius 2 is 1.58 bits per heavy atom.